The Kier molecular flexibility index (Phi) is 4.24. The number of halogens is 1. The van der Waals surface area contributed by atoms with Crippen molar-refractivity contribution in [3.63, 3.8) is 0 Å². The molecule has 0 unspecified atom stereocenters. The van der Waals surface area contributed by atoms with Crippen molar-refractivity contribution in [2.24, 2.45) is 0 Å². The molecule has 114 valence electrons. The highest BCUT2D eigenvalue weighted by Crippen LogP contribution is 2.23. The van der Waals surface area contributed by atoms with Crippen molar-refractivity contribution >= 4 is 5.91 Å². The van der Waals surface area contributed by atoms with Crippen LogP contribution in [0.1, 0.15) is 36.8 Å². The highest BCUT2D eigenvalue weighted by molar-refractivity contribution is 5.78. The maximum atomic E-state index is 13.4. The van der Waals surface area contributed by atoms with Crippen molar-refractivity contribution in [2.45, 2.75) is 45.2 Å². The fourth-order valence-corrected chi connectivity index (χ4v) is 3.54. The molecule has 1 aromatic carbocycles. The summed E-state index contributed by atoms with van der Waals surface area (Å²) in [6.45, 7) is 5.68. The maximum absolute atomic E-state index is 13.4. The van der Waals surface area contributed by atoms with Crippen LogP contribution in [0.2, 0.25) is 0 Å². The lowest BCUT2D eigenvalue weighted by atomic mass is 10.0. The van der Waals surface area contributed by atoms with Gasteiger partial charge in [0.25, 0.3) is 0 Å². The van der Waals surface area contributed by atoms with E-state index in [1.807, 2.05) is 13.0 Å². The van der Waals surface area contributed by atoms with E-state index in [2.05, 4.69) is 9.80 Å². The van der Waals surface area contributed by atoms with Gasteiger partial charge in [-0.2, -0.15) is 0 Å². The normalized spacial score (nSPS) is 23.8. The molecule has 1 atom stereocenters. The Balaban J connectivity index is 1.66. The molecule has 0 saturated carbocycles. The maximum Gasteiger partial charge on any atom is 0.222 e. The topological polar surface area (TPSA) is 23.6 Å². The van der Waals surface area contributed by atoms with Gasteiger partial charge in [0.05, 0.1) is 0 Å². The Morgan fingerprint density at radius 2 is 2.14 bits per heavy atom. The zero-order valence-electron chi connectivity index (χ0n) is 12.6. The smallest absolute Gasteiger partial charge is 0.222 e. The first kappa shape index (κ1) is 14.5. The molecule has 0 radical (unpaired) electrons. The summed E-state index contributed by atoms with van der Waals surface area (Å²) in [6.07, 6.45) is 3.92. The second-order valence-electron chi connectivity index (χ2n) is 6.29. The number of likely N-dealkylation sites (tertiary alicyclic amines) is 2. The molecule has 2 heterocycles. The third kappa shape index (κ3) is 3.26. The predicted octanol–water partition coefficient (Wildman–Crippen LogP) is 2.72. The standard InChI is InChI=1S/C17H23FN2O/c1-13-6-7-15(18)10-14(13)11-19-8-2-4-16(12-19)20-9-3-5-17(20)21/h6-7,10,16H,2-5,8-9,11-12H2,1H3/t16-/m0/s1. The number of piperidine rings is 1. The molecule has 2 aliphatic heterocycles. The number of aryl methyl sites for hydroxylation is 1. The van der Waals surface area contributed by atoms with Gasteiger partial charge in [-0.1, -0.05) is 6.07 Å². The largest absolute Gasteiger partial charge is 0.338 e. The highest BCUT2D eigenvalue weighted by atomic mass is 19.1. The van der Waals surface area contributed by atoms with Crippen molar-refractivity contribution in [1.29, 1.82) is 0 Å². The van der Waals surface area contributed by atoms with Crippen LogP contribution in [0, 0.1) is 12.7 Å². The molecule has 0 spiro atoms. The number of hydrogen-bond acceptors (Lipinski definition) is 2. The van der Waals surface area contributed by atoms with Crippen LogP contribution in [-0.2, 0) is 11.3 Å². The van der Waals surface area contributed by atoms with Crippen LogP contribution in [0.5, 0.6) is 0 Å². The zero-order chi connectivity index (χ0) is 14.8. The Morgan fingerprint density at radius 3 is 2.90 bits per heavy atom. The second kappa shape index (κ2) is 6.14. The first-order valence-corrected chi connectivity index (χ1v) is 7.90. The minimum atomic E-state index is -0.168. The number of amides is 1. The van der Waals surface area contributed by atoms with E-state index in [1.54, 1.807) is 6.07 Å². The quantitative estimate of drug-likeness (QED) is 0.854. The minimum Gasteiger partial charge on any atom is -0.338 e. The van der Waals surface area contributed by atoms with E-state index in [0.29, 0.717) is 18.4 Å². The molecule has 4 heteroatoms. The Bertz CT molecular complexity index is 532. The molecule has 2 saturated heterocycles. The summed E-state index contributed by atoms with van der Waals surface area (Å²) in [5, 5.41) is 0. The van der Waals surface area contributed by atoms with Gasteiger partial charge >= 0.3 is 0 Å². The summed E-state index contributed by atoms with van der Waals surface area (Å²) in [5.74, 6) is 0.141. The van der Waals surface area contributed by atoms with Gasteiger partial charge in [0.2, 0.25) is 5.91 Å². The van der Waals surface area contributed by atoms with E-state index in [9.17, 15) is 9.18 Å². The summed E-state index contributed by atoms with van der Waals surface area (Å²) in [7, 11) is 0. The van der Waals surface area contributed by atoms with E-state index in [1.165, 1.54) is 6.07 Å². The predicted molar refractivity (Wildman–Crippen MR) is 80.4 cm³/mol. The van der Waals surface area contributed by atoms with E-state index in [0.717, 1.165) is 56.6 Å². The van der Waals surface area contributed by atoms with E-state index >= 15 is 0 Å². The Labute approximate surface area is 125 Å². The molecule has 0 N–H and O–H groups in total. The van der Waals surface area contributed by atoms with Gasteiger partial charge in [0.1, 0.15) is 5.82 Å². The average Bonchev–Trinajstić information content (AvgIpc) is 2.89. The van der Waals surface area contributed by atoms with Crippen LogP contribution >= 0.6 is 0 Å². The van der Waals surface area contributed by atoms with E-state index in [4.69, 9.17) is 0 Å². The zero-order valence-corrected chi connectivity index (χ0v) is 12.6. The first-order valence-electron chi connectivity index (χ1n) is 7.90. The molecule has 0 aliphatic carbocycles. The third-order valence-corrected chi connectivity index (χ3v) is 4.74. The molecular formula is C17H23FN2O. The van der Waals surface area contributed by atoms with Gasteiger partial charge in [0, 0.05) is 32.1 Å². The van der Waals surface area contributed by atoms with Crippen molar-refractivity contribution < 1.29 is 9.18 Å². The summed E-state index contributed by atoms with van der Waals surface area (Å²) in [6, 6.07) is 5.35. The average molecular weight is 290 g/mol. The first-order chi connectivity index (χ1) is 10.1. The van der Waals surface area contributed by atoms with Gasteiger partial charge in [-0.15, -0.1) is 0 Å². The number of hydrogen-bond donors (Lipinski definition) is 0. The number of nitrogens with zero attached hydrogens (tertiary/aromatic N) is 2. The summed E-state index contributed by atoms with van der Waals surface area (Å²) >= 11 is 0. The van der Waals surface area contributed by atoms with Crippen LogP contribution in [0.3, 0.4) is 0 Å². The number of carbonyl (C=O) groups is 1. The lowest BCUT2D eigenvalue weighted by Gasteiger charge is -2.37. The van der Waals surface area contributed by atoms with E-state index < -0.39 is 0 Å². The third-order valence-electron chi connectivity index (χ3n) is 4.74. The van der Waals surface area contributed by atoms with Crippen LogP contribution in [0.25, 0.3) is 0 Å². The number of rotatable bonds is 3. The van der Waals surface area contributed by atoms with Crippen LogP contribution in [0.4, 0.5) is 4.39 Å². The highest BCUT2D eigenvalue weighted by Gasteiger charge is 2.31. The van der Waals surface area contributed by atoms with E-state index in [-0.39, 0.29) is 5.82 Å². The SMILES string of the molecule is Cc1ccc(F)cc1CN1CCC[C@H](N2CCCC2=O)C1. The van der Waals surface area contributed by atoms with Gasteiger partial charge in [-0.3, -0.25) is 9.69 Å². The van der Waals surface area contributed by atoms with Gasteiger partial charge in [0.15, 0.2) is 0 Å². The van der Waals surface area contributed by atoms with Crippen molar-refractivity contribution in [3.8, 4) is 0 Å². The summed E-state index contributed by atoms with van der Waals surface area (Å²) in [5.41, 5.74) is 2.19. The number of carbonyl (C=O) groups excluding carboxylic acids is 1. The number of benzene rings is 1. The molecular weight excluding hydrogens is 267 g/mol. The van der Waals surface area contributed by atoms with Crippen LogP contribution in [-0.4, -0.2) is 41.4 Å². The molecule has 3 rings (SSSR count). The Hall–Kier alpha value is -1.42. The fourth-order valence-electron chi connectivity index (χ4n) is 3.54. The van der Waals surface area contributed by atoms with Crippen molar-refractivity contribution in [1.82, 2.24) is 9.80 Å². The van der Waals surface area contributed by atoms with Gasteiger partial charge < -0.3 is 4.90 Å². The second-order valence-corrected chi connectivity index (χ2v) is 6.29. The molecule has 3 nitrogen and oxygen atoms in total. The van der Waals surface area contributed by atoms with Gasteiger partial charge in [-0.05, 0) is 56.0 Å². The minimum absolute atomic E-state index is 0.168. The fraction of sp³-hybridized carbons (Fsp3) is 0.588. The summed E-state index contributed by atoms with van der Waals surface area (Å²) < 4.78 is 13.4. The summed E-state index contributed by atoms with van der Waals surface area (Å²) in [4.78, 5) is 16.3. The lowest BCUT2D eigenvalue weighted by Crippen LogP contribution is -2.48. The van der Waals surface area contributed by atoms with Crippen molar-refractivity contribution in [2.75, 3.05) is 19.6 Å². The monoisotopic (exact) mass is 290 g/mol. The molecule has 1 amide bonds. The van der Waals surface area contributed by atoms with Crippen molar-refractivity contribution in [3.05, 3.63) is 35.1 Å². The molecule has 21 heavy (non-hydrogen) atoms. The molecule has 0 aromatic heterocycles. The molecule has 2 fully saturated rings. The van der Waals surface area contributed by atoms with Crippen LogP contribution in [0.15, 0.2) is 18.2 Å². The van der Waals surface area contributed by atoms with Gasteiger partial charge in [-0.25, -0.2) is 4.39 Å². The molecule has 0 bridgehead atoms. The molecule has 2 aliphatic rings. The molecule has 1 aromatic rings. The lowest BCUT2D eigenvalue weighted by molar-refractivity contribution is -0.130. The Morgan fingerprint density at radius 1 is 1.29 bits per heavy atom. The van der Waals surface area contributed by atoms with Crippen LogP contribution < -0.4 is 0 Å².